The molecule has 31 heavy (non-hydrogen) atoms. The summed E-state index contributed by atoms with van der Waals surface area (Å²) in [6, 6.07) is 7.98. The number of nitrogens with one attached hydrogen (secondary N) is 1. The van der Waals surface area contributed by atoms with Crippen LogP contribution in [0.15, 0.2) is 29.6 Å². The maximum Gasteiger partial charge on any atom is 0.253 e. The third-order valence-electron chi connectivity index (χ3n) is 6.59. The molecule has 3 atom stereocenters. The van der Waals surface area contributed by atoms with E-state index >= 15 is 0 Å². The standard InChI is InChI=1S/C23H27N5O2S/c1-13-26-21(17-7-8-31-22(17)27-13)30-12-16-4-3-14(9-20(16)25-2)23(29)28-10-15-5-6-19(24)18(15)11-28/h3-4,7-9,15,18-19,25H,5-6,10-12,24H2,1-2H3. The summed E-state index contributed by atoms with van der Waals surface area (Å²) in [4.78, 5) is 24.9. The molecule has 2 fully saturated rings. The topological polar surface area (TPSA) is 93.4 Å². The molecule has 162 valence electrons. The Hall–Kier alpha value is -2.71. The molecule has 3 aromatic rings. The van der Waals surface area contributed by atoms with Gasteiger partial charge < -0.3 is 20.7 Å². The molecule has 3 heterocycles. The number of fused-ring (bicyclic) bond motifs is 2. The normalized spacial score (nSPS) is 22.7. The Morgan fingerprint density at radius 2 is 2.16 bits per heavy atom. The number of carbonyl (C=O) groups is 1. The van der Waals surface area contributed by atoms with Gasteiger partial charge in [-0.15, -0.1) is 11.3 Å². The zero-order valence-corrected chi connectivity index (χ0v) is 18.6. The number of nitrogens with two attached hydrogens (primary N) is 1. The molecule has 0 radical (unpaired) electrons. The van der Waals surface area contributed by atoms with Crippen LogP contribution < -0.4 is 15.8 Å². The summed E-state index contributed by atoms with van der Waals surface area (Å²) in [5.41, 5.74) is 8.78. The quantitative estimate of drug-likeness (QED) is 0.635. The number of aromatic nitrogens is 2. The summed E-state index contributed by atoms with van der Waals surface area (Å²) in [5, 5.41) is 6.12. The number of hydrogen-bond acceptors (Lipinski definition) is 7. The van der Waals surface area contributed by atoms with Crippen LogP contribution in [-0.4, -0.2) is 47.0 Å². The van der Waals surface area contributed by atoms with E-state index in [-0.39, 0.29) is 11.9 Å². The van der Waals surface area contributed by atoms with E-state index in [1.165, 1.54) is 0 Å². The molecular weight excluding hydrogens is 410 g/mol. The van der Waals surface area contributed by atoms with Gasteiger partial charge >= 0.3 is 0 Å². The van der Waals surface area contributed by atoms with E-state index in [4.69, 9.17) is 10.5 Å². The molecule has 8 heteroatoms. The molecule has 1 saturated heterocycles. The number of rotatable bonds is 5. The molecule has 1 aliphatic heterocycles. The summed E-state index contributed by atoms with van der Waals surface area (Å²) in [7, 11) is 1.86. The second-order valence-electron chi connectivity index (χ2n) is 8.50. The van der Waals surface area contributed by atoms with Crippen LogP contribution in [-0.2, 0) is 6.61 Å². The predicted octanol–water partition coefficient (Wildman–Crippen LogP) is 3.43. The van der Waals surface area contributed by atoms with Gasteiger partial charge in [0.15, 0.2) is 0 Å². The highest BCUT2D eigenvalue weighted by Crippen LogP contribution is 2.38. The summed E-state index contributed by atoms with van der Waals surface area (Å²) in [6.45, 7) is 3.81. The monoisotopic (exact) mass is 437 g/mol. The van der Waals surface area contributed by atoms with Crippen LogP contribution in [0.2, 0.25) is 0 Å². The van der Waals surface area contributed by atoms with Crippen LogP contribution in [0.3, 0.4) is 0 Å². The van der Waals surface area contributed by atoms with Gasteiger partial charge in [-0.1, -0.05) is 6.07 Å². The smallest absolute Gasteiger partial charge is 0.253 e. The number of benzene rings is 1. The lowest BCUT2D eigenvalue weighted by molar-refractivity contribution is 0.0779. The zero-order valence-electron chi connectivity index (χ0n) is 17.8. The Kier molecular flexibility index (Phi) is 5.27. The van der Waals surface area contributed by atoms with Crippen molar-refractivity contribution in [2.75, 3.05) is 25.5 Å². The summed E-state index contributed by atoms with van der Waals surface area (Å²) < 4.78 is 6.06. The van der Waals surface area contributed by atoms with Crippen LogP contribution in [0, 0.1) is 18.8 Å². The first-order valence-electron chi connectivity index (χ1n) is 10.7. The van der Waals surface area contributed by atoms with Crippen LogP contribution >= 0.6 is 11.3 Å². The molecule has 1 aromatic carbocycles. The zero-order chi connectivity index (χ0) is 21.5. The molecule has 2 aliphatic rings. The lowest BCUT2D eigenvalue weighted by atomic mass is 9.98. The third-order valence-corrected chi connectivity index (χ3v) is 7.40. The molecule has 1 aliphatic carbocycles. The minimum Gasteiger partial charge on any atom is -0.472 e. The van der Waals surface area contributed by atoms with Crippen LogP contribution in [0.25, 0.3) is 10.2 Å². The lowest BCUT2D eigenvalue weighted by Crippen LogP contribution is -2.33. The number of carbonyl (C=O) groups excluding carboxylic acids is 1. The van der Waals surface area contributed by atoms with Gasteiger partial charge in [0.1, 0.15) is 17.3 Å². The second kappa shape index (κ2) is 8.09. The Morgan fingerprint density at radius 1 is 1.29 bits per heavy atom. The Labute approximate surface area is 185 Å². The van der Waals surface area contributed by atoms with Crippen LogP contribution in [0.1, 0.15) is 34.6 Å². The molecule has 0 spiro atoms. The predicted molar refractivity (Wildman–Crippen MR) is 123 cm³/mol. The first-order chi connectivity index (χ1) is 15.0. The number of amides is 1. The van der Waals surface area contributed by atoms with Crippen molar-refractivity contribution in [1.82, 2.24) is 14.9 Å². The lowest BCUT2D eigenvalue weighted by Gasteiger charge is -2.20. The minimum atomic E-state index is 0.0805. The van der Waals surface area contributed by atoms with Gasteiger partial charge in [-0.2, -0.15) is 4.98 Å². The van der Waals surface area contributed by atoms with E-state index in [1.807, 2.05) is 48.5 Å². The maximum atomic E-state index is 13.1. The fraction of sp³-hybridized carbons (Fsp3) is 0.435. The molecule has 1 saturated carbocycles. The highest BCUT2D eigenvalue weighted by molar-refractivity contribution is 7.16. The molecule has 3 N–H and O–H groups in total. The largest absolute Gasteiger partial charge is 0.472 e. The second-order valence-corrected chi connectivity index (χ2v) is 9.40. The Bertz CT molecular complexity index is 1130. The first kappa shape index (κ1) is 20.2. The molecule has 2 aromatic heterocycles. The maximum absolute atomic E-state index is 13.1. The first-order valence-corrected chi connectivity index (χ1v) is 11.6. The SMILES string of the molecule is CNc1cc(C(=O)N2CC3CCC(N)C3C2)ccc1COc1nc(C)nc2sccc12. The van der Waals surface area contributed by atoms with Gasteiger partial charge in [-0.25, -0.2) is 4.98 Å². The van der Waals surface area contributed by atoms with Crippen LogP contribution in [0.5, 0.6) is 5.88 Å². The van der Waals surface area contributed by atoms with E-state index in [0.29, 0.717) is 35.7 Å². The number of likely N-dealkylation sites (tertiary alicyclic amines) is 1. The molecule has 7 nitrogen and oxygen atoms in total. The van der Waals surface area contributed by atoms with Crippen molar-refractivity contribution in [2.24, 2.45) is 17.6 Å². The highest BCUT2D eigenvalue weighted by atomic mass is 32.1. The van der Waals surface area contributed by atoms with Crippen molar-refractivity contribution in [3.63, 3.8) is 0 Å². The van der Waals surface area contributed by atoms with Crippen molar-refractivity contribution in [3.8, 4) is 5.88 Å². The van der Waals surface area contributed by atoms with E-state index in [2.05, 4.69) is 15.3 Å². The average molecular weight is 438 g/mol. The van der Waals surface area contributed by atoms with Gasteiger partial charge in [0.2, 0.25) is 5.88 Å². The number of anilines is 1. The summed E-state index contributed by atoms with van der Waals surface area (Å²) >= 11 is 1.57. The number of thiophene rings is 1. The number of aryl methyl sites for hydroxylation is 1. The molecule has 5 rings (SSSR count). The van der Waals surface area contributed by atoms with E-state index < -0.39 is 0 Å². The van der Waals surface area contributed by atoms with Crippen molar-refractivity contribution in [1.29, 1.82) is 0 Å². The van der Waals surface area contributed by atoms with Gasteiger partial charge in [0.05, 0.1) is 5.39 Å². The van der Waals surface area contributed by atoms with Crippen molar-refractivity contribution >= 4 is 33.1 Å². The molecule has 0 bridgehead atoms. The van der Waals surface area contributed by atoms with Crippen LogP contribution in [0.4, 0.5) is 5.69 Å². The van der Waals surface area contributed by atoms with Gasteiger partial charge in [0.25, 0.3) is 5.91 Å². The number of ether oxygens (including phenoxy) is 1. The minimum absolute atomic E-state index is 0.0805. The molecular formula is C23H27N5O2S. The van der Waals surface area contributed by atoms with E-state index in [1.54, 1.807) is 11.3 Å². The summed E-state index contributed by atoms with van der Waals surface area (Å²) in [5.74, 6) is 2.36. The van der Waals surface area contributed by atoms with E-state index in [9.17, 15) is 4.79 Å². The van der Waals surface area contributed by atoms with Gasteiger partial charge in [-0.05, 0) is 55.2 Å². The van der Waals surface area contributed by atoms with E-state index in [0.717, 1.165) is 47.4 Å². The van der Waals surface area contributed by atoms with Gasteiger partial charge in [-0.3, -0.25) is 4.79 Å². The Balaban J connectivity index is 1.32. The number of hydrogen-bond donors (Lipinski definition) is 2. The Morgan fingerprint density at radius 3 is 2.97 bits per heavy atom. The van der Waals surface area contributed by atoms with Crippen molar-refractivity contribution < 1.29 is 9.53 Å². The summed E-state index contributed by atoms with van der Waals surface area (Å²) in [6.07, 6.45) is 2.22. The van der Waals surface area contributed by atoms with Gasteiger partial charge in [0, 0.05) is 43.0 Å². The highest BCUT2D eigenvalue weighted by Gasteiger charge is 2.42. The fourth-order valence-electron chi connectivity index (χ4n) is 4.91. The van der Waals surface area contributed by atoms with Crippen molar-refractivity contribution in [3.05, 3.63) is 46.6 Å². The third kappa shape index (κ3) is 3.74. The average Bonchev–Trinajstić information content (AvgIpc) is 3.49. The molecule has 1 amide bonds. The molecule has 3 unspecified atom stereocenters. The fourth-order valence-corrected chi connectivity index (χ4v) is 5.71. The number of nitrogens with zero attached hydrogens (tertiary/aromatic N) is 3. The van der Waals surface area contributed by atoms with Crippen molar-refractivity contribution in [2.45, 2.75) is 32.4 Å².